The van der Waals surface area contributed by atoms with Crippen molar-refractivity contribution in [2.24, 2.45) is 5.92 Å². The molecule has 3 aromatic rings. The van der Waals surface area contributed by atoms with Crippen molar-refractivity contribution in [3.63, 3.8) is 0 Å². The number of aliphatic hydroxyl groups is 1. The van der Waals surface area contributed by atoms with E-state index in [1.54, 1.807) is 13.8 Å². The lowest BCUT2D eigenvalue weighted by Gasteiger charge is -2.38. The number of hydrogen-bond donors (Lipinski definition) is 3. The maximum Gasteiger partial charge on any atom is 0.416 e. The van der Waals surface area contributed by atoms with Crippen LogP contribution in [0.5, 0.6) is 5.75 Å². The molecule has 1 heterocycles. The van der Waals surface area contributed by atoms with Gasteiger partial charge in [0.25, 0.3) is 15.9 Å². The Labute approximate surface area is 263 Å². The fraction of sp³-hybridized carbons (Fsp3) is 0.333. The second-order valence-corrected chi connectivity index (χ2v) is 12.9. The summed E-state index contributed by atoms with van der Waals surface area (Å²) in [5.41, 5.74) is -0.698. The molecule has 1 aliphatic rings. The van der Waals surface area contributed by atoms with Crippen LogP contribution >= 0.6 is 11.6 Å². The quantitative estimate of drug-likeness (QED) is 0.289. The molecular weight excluding hydrogens is 637 g/mol. The first kappa shape index (κ1) is 33.9. The van der Waals surface area contributed by atoms with E-state index in [0.717, 1.165) is 24.3 Å². The summed E-state index contributed by atoms with van der Waals surface area (Å²) in [4.78, 5) is 29.3. The number of alkyl halides is 3. The van der Waals surface area contributed by atoms with Crippen LogP contribution < -0.4 is 14.8 Å². The van der Waals surface area contributed by atoms with E-state index >= 15 is 0 Å². The van der Waals surface area contributed by atoms with Crippen LogP contribution in [0.15, 0.2) is 71.6 Å². The standard InChI is InChI=1S/C30H32ClF3N4O6S/c1-18-15-38(19(2)17-39)28(40)24-5-4-6-25(36-45(42,43)23-13-9-21(31)10-14-23)27(24)44-26(18)16-37(3)29(41)35-22-11-7-20(8-12-22)30(32,33)34/h4-14,18-19,26,36,39H,15-17H2,1-3H3,(H,35,41)/t18-,19+,26+/m1/s1. The van der Waals surface area contributed by atoms with Crippen LogP contribution in [0.1, 0.15) is 29.8 Å². The van der Waals surface area contributed by atoms with Gasteiger partial charge < -0.3 is 25.0 Å². The third-order valence-corrected chi connectivity index (χ3v) is 8.96. The summed E-state index contributed by atoms with van der Waals surface area (Å²) in [6, 6.07) is 12.6. The Morgan fingerprint density at radius 3 is 2.38 bits per heavy atom. The summed E-state index contributed by atoms with van der Waals surface area (Å²) in [6.07, 6.45) is -5.32. The number of nitrogens with one attached hydrogen (secondary N) is 2. The number of likely N-dealkylation sites (N-methyl/N-ethyl adjacent to an activating group) is 1. The molecule has 0 saturated carbocycles. The van der Waals surface area contributed by atoms with Crippen molar-refractivity contribution in [2.45, 2.75) is 37.1 Å². The minimum Gasteiger partial charge on any atom is -0.485 e. The summed E-state index contributed by atoms with van der Waals surface area (Å²) >= 11 is 5.91. The maximum atomic E-state index is 13.7. The molecule has 3 atom stereocenters. The van der Waals surface area contributed by atoms with Crippen LogP contribution in [0, 0.1) is 5.92 Å². The maximum absolute atomic E-state index is 13.7. The smallest absolute Gasteiger partial charge is 0.416 e. The molecule has 0 fully saturated rings. The normalized spacial score (nSPS) is 17.8. The molecule has 0 saturated heterocycles. The number of ether oxygens (including phenoxy) is 1. The number of nitrogens with zero attached hydrogens (tertiary/aromatic N) is 2. The van der Waals surface area contributed by atoms with Crippen LogP contribution in [0.4, 0.5) is 29.3 Å². The van der Waals surface area contributed by atoms with Crippen molar-refractivity contribution in [3.05, 3.63) is 82.9 Å². The number of halogens is 4. The summed E-state index contributed by atoms with van der Waals surface area (Å²) in [5, 5.41) is 12.8. The fourth-order valence-electron chi connectivity index (χ4n) is 4.67. The topological polar surface area (TPSA) is 128 Å². The number of fused-ring (bicyclic) bond motifs is 1. The van der Waals surface area contributed by atoms with Gasteiger partial charge in [-0.15, -0.1) is 0 Å². The number of hydrogen-bond acceptors (Lipinski definition) is 6. The SMILES string of the molecule is C[C@@H]1CN([C@@H](C)CO)C(=O)c2cccc(NS(=O)(=O)c3ccc(Cl)cc3)c2O[C@H]1CN(C)C(=O)Nc1ccc(C(F)(F)F)cc1. The average molecular weight is 669 g/mol. The van der Waals surface area contributed by atoms with Crippen molar-refractivity contribution in [1.82, 2.24) is 9.80 Å². The molecule has 0 spiro atoms. The number of sulfonamides is 1. The zero-order valence-electron chi connectivity index (χ0n) is 24.5. The Balaban J connectivity index is 1.64. The van der Waals surface area contributed by atoms with E-state index in [1.165, 1.54) is 59.3 Å². The zero-order chi connectivity index (χ0) is 33.1. The molecule has 3 N–H and O–H groups in total. The third kappa shape index (κ3) is 7.99. The Hall–Kier alpha value is -4.01. The summed E-state index contributed by atoms with van der Waals surface area (Å²) in [5.74, 6) is -0.987. The van der Waals surface area contributed by atoms with Gasteiger partial charge in [0.15, 0.2) is 5.75 Å². The highest BCUT2D eigenvalue weighted by Crippen LogP contribution is 2.36. The second kappa shape index (κ2) is 13.5. The Kier molecular flexibility index (Phi) is 10.2. The highest BCUT2D eigenvalue weighted by atomic mass is 35.5. The van der Waals surface area contributed by atoms with Gasteiger partial charge in [0.1, 0.15) is 6.10 Å². The van der Waals surface area contributed by atoms with E-state index in [1.807, 2.05) is 0 Å². The van der Waals surface area contributed by atoms with Gasteiger partial charge >= 0.3 is 12.2 Å². The lowest BCUT2D eigenvalue weighted by Crippen LogP contribution is -2.50. The molecule has 0 bridgehead atoms. The van der Waals surface area contributed by atoms with Gasteiger partial charge in [0, 0.05) is 30.2 Å². The second-order valence-electron chi connectivity index (χ2n) is 10.8. The number of aliphatic hydroxyl groups excluding tert-OH is 1. The van der Waals surface area contributed by atoms with Gasteiger partial charge in [-0.1, -0.05) is 24.6 Å². The van der Waals surface area contributed by atoms with E-state index in [9.17, 15) is 36.3 Å². The molecule has 15 heteroatoms. The highest BCUT2D eigenvalue weighted by molar-refractivity contribution is 7.92. The molecule has 3 amide bonds. The number of urea groups is 1. The predicted molar refractivity (Wildman–Crippen MR) is 163 cm³/mol. The fourth-order valence-corrected chi connectivity index (χ4v) is 5.86. The van der Waals surface area contributed by atoms with E-state index in [0.29, 0.717) is 5.02 Å². The summed E-state index contributed by atoms with van der Waals surface area (Å²) in [7, 11) is -2.69. The highest BCUT2D eigenvalue weighted by Gasteiger charge is 2.36. The molecule has 45 heavy (non-hydrogen) atoms. The van der Waals surface area contributed by atoms with Crippen molar-refractivity contribution in [1.29, 1.82) is 0 Å². The molecule has 10 nitrogen and oxygen atoms in total. The Bertz CT molecular complexity index is 1640. The van der Waals surface area contributed by atoms with Gasteiger partial charge in [0.2, 0.25) is 0 Å². The van der Waals surface area contributed by atoms with Crippen LogP contribution in [-0.2, 0) is 16.2 Å². The number of anilines is 2. The monoisotopic (exact) mass is 668 g/mol. The van der Waals surface area contributed by atoms with Crippen molar-refractivity contribution < 1.29 is 41.0 Å². The first-order valence-corrected chi connectivity index (χ1v) is 15.7. The molecule has 3 aromatic carbocycles. The molecular formula is C30H32ClF3N4O6S. The van der Waals surface area contributed by atoms with Crippen LogP contribution in [0.2, 0.25) is 5.02 Å². The lowest BCUT2D eigenvalue weighted by molar-refractivity contribution is -0.137. The zero-order valence-corrected chi connectivity index (χ0v) is 26.1. The van der Waals surface area contributed by atoms with Crippen LogP contribution in [0.25, 0.3) is 0 Å². The average Bonchev–Trinajstić information content (AvgIpc) is 2.98. The van der Waals surface area contributed by atoms with Crippen molar-refractivity contribution >= 4 is 44.9 Å². The predicted octanol–water partition coefficient (Wildman–Crippen LogP) is 5.54. The minimum absolute atomic E-state index is 0.0247. The first-order chi connectivity index (χ1) is 21.1. The lowest BCUT2D eigenvalue weighted by atomic mass is 9.99. The van der Waals surface area contributed by atoms with Gasteiger partial charge in [0.05, 0.1) is 40.9 Å². The minimum atomic E-state index is -4.52. The summed E-state index contributed by atoms with van der Waals surface area (Å²) < 4.78 is 74.1. The molecule has 0 aromatic heterocycles. The number of amides is 3. The molecule has 0 aliphatic carbocycles. The van der Waals surface area contributed by atoms with E-state index in [-0.39, 0.29) is 47.3 Å². The number of benzene rings is 3. The summed E-state index contributed by atoms with van der Waals surface area (Å²) in [6.45, 7) is 3.19. The number of carbonyl (C=O) groups is 2. The molecule has 242 valence electrons. The number of rotatable bonds is 8. The Morgan fingerprint density at radius 1 is 1.13 bits per heavy atom. The van der Waals surface area contributed by atoms with Gasteiger partial charge in [-0.05, 0) is 67.6 Å². The Morgan fingerprint density at radius 2 is 1.78 bits per heavy atom. The molecule has 1 aliphatic heterocycles. The van der Waals surface area contributed by atoms with E-state index < -0.39 is 51.8 Å². The first-order valence-electron chi connectivity index (χ1n) is 13.8. The third-order valence-electron chi connectivity index (χ3n) is 7.32. The molecule has 0 radical (unpaired) electrons. The van der Waals surface area contributed by atoms with Crippen LogP contribution in [-0.4, -0.2) is 74.2 Å². The van der Waals surface area contributed by atoms with E-state index in [2.05, 4.69) is 10.0 Å². The van der Waals surface area contributed by atoms with Crippen molar-refractivity contribution in [3.8, 4) is 5.75 Å². The van der Waals surface area contributed by atoms with Crippen LogP contribution in [0.3, 0.4) is 0 Å². The largest absolute Gasteiger partial charge is 0.485 e. The van der Waals surface area contributed by atoms with E-state index in [4.69, 9.17) is 16.3 Å². The molecule has 4 rings (SSSR count). The van der Waals surface area contributed by atoms with Gasteiger partial charge in [-0.2, -0.15) is 13.2 Å². The van der Waals surface area contributed by atoms with Gasteiger partial charge in [-0.3, -0.25) is 9.52 Å². The number of para-hydroxylation sites is 1. The van der Waals surface area contributed by atoms with Gasteiger partial charge in [-0.25, -0.2) is 13.2 Å². The number of carbonyl (C=O) groups excluding carboxylic acids is 2. The molecule has 0 unspecified atom stereocenters. The van der Waals surface area contributed by atoms with Crippen molar-refractivity contribution in [2.75, 3.05) is 36.8 Å².